The molecule has 0 aliphatic carbocycles. The molecule has 0 heteroatoms. The van der Waals surface area contributed by atoms with Crippen LogP contribution in [0.25, 0.3) is 0 Å². The van der Waals surface area contributed by atoms with E-state index in [1.165, 1.54) is 19.3 Å². The van der Waals surface area contributed by atoms with E-state index >= 15 is 0 Å². The highest BCUT2D eigenvalue weighted by Crippen LogP contribution is 2.02. The van der Waals surface area contributed by atoms with Crippen LogP contribution in [0.1, 0.15) is 83.6 Å². The Morgan fingerprint density at radius 1 is 0.812 bits per heavy atom. The van der Waals surface area contributed by atoms with Gasteiger partial charge in [0.1, 0.15) is 0 Å². The van der Waals surface area contributed by atoms with E-state index in [-0.39, 0.29) is 29.7 Å². The largest absolute Gasteiger partial charge is 0.103 e. The standard InChI is InChI=1S/C6H14.C6H12.4CH4/c2*1-4-6(3)5-2;;;;/h6H,4-5H2,1-3H3;4,6H,1,5H2,2-3H3;4*1H4. The van der Waals surface area contributed by atoms with Crippen LogP contribution in [-0.4, -0.2) is 0 Å². The van der Waals surface area contributed by atoms with Crippen molar-refractivity contribution in [2.24, 2.45) is 11.8 Å². The summed E-state index contributed by atoms with van der Waals surface area (Å²) >= 11 is 0. The van der Waals surface area contributed by atoms with Gasteiger partial charge in [-0.05, 0) is 11.8 Å². The van der Waals surface area contributed by atoms with Crippen molar-refractivity contribution in [1.82, 2.24) is 0 Å². The monoisotopic (exact) mass is 234 g/mol. The number of hydrogen-bond acceptors (Lipinski definition) is 0. The van der Waals surface area contributed by atoms with Crippen molar-refractivity contribution < 1.29 is 0 Å². The first kappa shape index (κ1) is 36.0. The molecule has 0 aromatic heterocycles. The Morgan fingerprint density at radius 2 is 1.12 bits per heavy atom. The molecule has 1 atom stereocenters. The fraction of sp³-hybridized carbons (Fsp3) is 0.875. The van der Waals surface area contributed by atoms with E-state index in [0.29, 0.717) is 5.92 Å². The van der Waals surface area contributed by atoms with E-state index in [2.05, 4.69) is 41.2 Å². The molecule has 0 aliphatic heterocycles. The molecular formula is C16H42. The third kappa shape index (κ3) is 37.2. The molecule has 0 rings (SSSR count). The van der Waals surface area contributed by atoms with E-state index in [1.54, 1.807) is 0 Å². The van der Waals surface area contributed by atoms with Gasteiger partial charge >= 0.3 is 0 Å². The molecule has 0 bridgehead atoms. The van der Waals surface area contributed by atoms with Crippen LogP contribution in [0.2, 0.25) is 0 Å². The first-order valence-electron chi connectivity index (χ1n) is 5.24. The Kier molecular flexibility index (Phi) is 66.1. The van der Waals surface area contributed by atoms with Gasteiger partial charge in [-0.2, -0.15) is 0 Å². The zero-order valence-electron chi connectivity index (χ0n) is 9.56. The van der Waals surface area contributed by atoms with Crippen LogP contribution in [0, 0.1) is 11.8 Å². The van der Waals surface area contributed by atoms with Crippen molar-refractivity contribution in [3.8, 4) is 0 Å². The number of allylic oxidation sites excluding steroid dienone is 1. The Bertz CT molecular complexity index is 80.0. The predicted octanol–water partition coefficient (Wildman–Crippen LogP) is 7.21. The van der Waals surface area contributed by atoms with Gasteiger partial charge in [-0.1, -0.05) is 89.7 Å². The molecule has 0 aromatic carbocycles. The molecule has 0 aliphatic rings. The summed E-state index contributed by atoms with van der Waals surface area (Å²) in [4.78, 5) is 0. The third-order valence-corrected chi connectivity index (χ3v) is 2.44. The molecule has 0 amide bonds. The third-order valence-electron chi connectivity index (χ3n) is 2.44. The maximum atomic E-state index is 3.63. The summed E-state index contributed by atoms with van der Waals surface area (Å²) in [6, 6.07) is 0. The Hall–Kier alpha value is -0.260. The average molecular weight is 235 g/mol. The van der Waals surface area contributed by atoms with Crippen LogP contribution in [0.3, 0.4) is 0 Å². The summed E-state index contributed by atoms with van der Waals surface area (Å²) in [7, 11) is 0. The second-order valence-corrected chi connectivity index (χ2v) is 3.54. The molecule has 16 heavy (non-hydrogen) atoms. The second kappa shape index (κ2) is 29.3. The predicted molar refractivity (Wildman–Crippen MR) is 86.3 cm³/mol. The summed E-state index contributed by atoms with van der Waals surface area (Å²) < 4.78 is 0. The minimum atomic E-state index is 0. The Balaban J connectivity index is -0.0000000250. The lowest BCUT2D eigenvalue weighted by Gasteiger charge is -1.98. The SMILES string of the molecule is C.C.C.C.C=CC(C)CC.CCC(C)CC. The van der Waals surface area contributed by atoms with Crippen molar-refractivity contribution in [3.05, 3.63) is 12.7 Å². The van der Waals surface area contributed by atoms with Crippen LogP contribution in [0.4, 0.5) is 0 Å². The van der Waals surface area contributed by atoms with Gasteiger partial charge < -0.3 is 0 Å². The van der Waals surface area contributed by atoms with E-state index in [4.69, 9.17) is 0 Å². The molecule has 0 nitrogen and oxygen atoms in total. The van der Waals surface area contributed by atoms with Gasteiger partial charge in [-0.15, -0.1) is 6.58 Å². The normalized spacial score (nSPS) is 8.88. The highest BCUT2D eigenvalue weighted by Gasteiger charge is 1.88. The molecular weight excluding hydrogens is 192 g/mol. The second-order valence-electron chi connectivity index (χ2n) is 3.54. The van der Waals surface area contributed by atoms with Gasteiger partial charge in [-0.3, -0.25) is 0 Å². The van der Waals surface area contributed by atoms with Crippen LogP contribution in [-0.2, 0) is 0 Å². The molecule has 0 spiro atoms. The molecule has 0 heterocycles. The summed E-state index contributed by atoms with van der Waals surface area (Å²) in [5.74, 6) is 1.63. The fourth-order valence-electron chi connectivity index (χ4n) is 0.455. The molecule has 0 saturated heterocycles. The smallest absolute Gasteiger partial charge is 0.0267 e. The molecule has 0 N–H and O–H groups in total. The average Bonchev–Trinajstić information content (AvgIpc) is 2.16. The Morgan fingerprint density at radius 3 is 1.12 bits per heavy atom. The maximum Gasteiger partial charge on any atom is -0.0267 e. The number of rotatable bonds is 4. The molecule has 0 radical (unpaired) electrons. The van der Waals surface area contributed by atoms with Gasteiger partial charge in [0.25, 0.3) is 0 Å². The lowest BCUT2D eigenvalue weighted by Crippen LogP contribution is -1.85. The van der Waals surface area contributed by atoms with E-state index in [0.717, 1.165) is 5.92 Å². The zero-order valence-corrected chi connectivity index (χ0v) is 9.56. The van der Waals surface area contributed by atoms with Crippen molar-refractivity contribution in [1.29, 1.82) is 0 Å². The van der Waals surface area contributed by atoms with E-state index in [9.17, 15) is 0 Å². The molecule has 0 aromatic rings. The molecule has 0 fully saturated rings. The maximum absolute atomic E-state index is 3.63. The minimum Gasteiger partial charge on any atom is -0.103 e. The van der Waals surface area contributed by atoms with Crippen LogP contribution >= 0.6 is 0 Å². The number of hydrogen-bond donors (Lipinski definition) is 0. The lowest BCUT2D eigenvalue weighted by molar-refractivity contribution is 0.544. The summed E-state index contributed by atoms with van der Waals surface area (Å²) in [6.45, 7) is 14.7. The zero-order chi connectivity index (χ0) is 9.98. The topological polar surface area (TPSA) is 0 Å². The van der Waals surface area contributed by atoms with Gasteiger partial charge in [0.15, 0.2) is 0 Å². The first-order chi connectivity index (χ1) is 5.62. The quantitative estimate of drug-likeness (QED) is 0.451. The van der Waals surface area contributed by atoms with Crippen LogP contribution < -0.4 is 0 Å². The van der Waals surface area contributed by atoms with Gasteiger partial charge in [0, 0.05) is 0 Å². The molecule has 106 valence electrons. The van der Waals surface area contributed by atoms with E-state index < -0.39 is 0 Å². The van der Waals surface area contributed by atoms with E-state index in [1.807, 2.05) is 6.08 Å². The van der Waals surface area contributed by atoms with Gasteiger partial charge in [0.2, 0.25) is 0 Å². The van der Waals surface area contributed by atoms with Crippen molar-refractivity contribution in [2.75, 3.05) is 0 Å². The minimum absolute atomic E-state index is 0. The highest BCUT2D eigenvalue weighted by molar-refractivity contribution is 4.72. The van der Waals surface area contributed by atoms with Crippen LogP contribution in [0.5, 0.6) is 0 Å². The van der Waals surface area contributed by atoms with Gasteiger partial charge in [-0.25, -0.2) is 0 Å². The molecule has 1 unspecified atom stereocenters. The van der Waals surface area contributed by atoms with Crippen LogP contribution in [0.15, 0.2) is 12.7 Å². The van der Waals surface area contributed by atoms with Crippen molar-refractivity contribution in [2.45, 2.75) is 83.6 Å². The summed E-state index contributed by atoms with van der Waals surface area (Å²) in [6.07, 6.45) is 5.84. The lowest BCUT2D eigenvalue weighted by atomic mass is 10.1. The molecule has 0 saturated carbocycles. The summed E-state index contributed by atoms with van der Waals surface area (Å²) in [5, 5.41) is 0. The van der Waals surface area contributed by atoms with Crippen molar-refractivity contribution in [3.63, 3.8) is 0 Å². The fourth-order valence-corrected chi connectivity index (χ4v) is 0.455. The highest BCUT2D eigenvalue weighted by atomic mass is 13.9. The van der Waals surface area contributed by atoms with Gasteiger partial charge in [0.05, 0.1) is 0 Å². The van der Waals surface area contributed by atoms with Crippen molar-refractivity contribution >= 4 is 0 Å². The first-order valence-corrected chi connectivity index (χ1v) is 5.24. The Labute approximate surface area is 109 Å². The summed E-state index contributed by atoms with van der Waals surface area (Å²) in [5.41, 5.74) is 0.